The van der Waals surface area contributed by atoms with Crippen molar-refractivity contribution in [2.75, 3.05) is 18.0 Å². The minimum Gasteiger partial charge on any atom is -0.354 e. The Bertz CT molecular complexity index is 737. The second kappa shape index (κ2) is 5.16. The zero-order valence-corrected chi connectivity index (χ0v) is 11.8. The van der Waals surface area contributed by atoms with Crippen molar-refractivity contribution in [2.45, 2.75) is 18.8 Å². The first-order valence-electron chi connectivity index (χ1n) is 7.34. The molecule has 0 N–H and O–H groups in total. The Morgan fingerprint density at radius 1 is 1.10 bits per heavy atom. The molecule has 3 aromatic rings. The second-order valence-electron chi connectivity index (χ2n) is 5.47. The maximum atomic E-state index is 4.60. The van der Waals surface area contributed by atoms with Crippen LogP contribution in [-0.4, -0.2) is 32.4 Å². The van der Waals surface area contributed by atoms with Crippen molar-refractivity contribution in [3.63, 3.8) is 0 Å². The molecule has 5 heteroatoms. The van der Waals surface area contributed by atoms with Gasteiger partial charge in [-0.05, 0) is 31.0 Å². The van der Waals surface area contributed by atoms with Gasteiger partial charge in [-0.1, -0.05) is 0 Å². The summed E-state index contributed by atoms with van der Waals surface area (Å²) in [4.78, 5) is 15.4. The van der Waals surface area contributed by atoms with E-state index < -0.39 is 0 Å². The average molecular weight is 279 g/mol. The van der Waals surface area contributed by atoms with Crippen LogP contribution in [0.3, 0.4) is 0 Å². The van der Waals surface area contributed by atoms with Gasteiger partial charge in [0, 0.05) is 49.5 Å². The Balaban J connectivity index is 1.65. The summed E-state index contributed by atoms with van der Waals surface area (Å²) in [5.41, 5.74) is 2.30. The fourth-order valence-electron chi connectivity index (χ4n) is 3.15. The van der Waals surface area contributed by atoms with E-state index in [1.807, 2.05) is 24.7 Å². The molecule has 4 rings (SSSR count). The Kier molecular flexibility index (Phi) is 3.03. The Labute approximate surface area is 123 Å². The molecule has 0 spiro atoms. The summed E-state index contributed by atoms with van der Waals surface area (Å²) in [5, 5.41) is 0. The van der Waals surface area contributed by atoms with Crippen LogP contribution < -0.4 is 4.90 Å². The van der Waals surface area contributed by atoms with Crippen molar-refractivity contribution < 1.29 is 0 Å². The number of fused-ring (bicyclic) bond motifs is 1. The number of hydrogen-bond donors (Lipinski definition) is 0. The molecule has 0 bridgehead atoms. The van der Waals surface area contributed by atoms with Gasteiger partial charge in [0.15, 0.2) is 5.82 Å². The summed E-state index contributed by atoms with van der Waals surface area (Å²) in [6.07, 6.45) is 11.7. The van der Waals surface area contributed by atoms with Gasteiger partial charge >= 0.3 is 0 Å². The zero-order valence-electron chi connectivity index (χ0n) is 11.8. The predicted molar refractivity (Wildman–Crippen MR) is 81.4 cm³/mol. The lowest BCUT2D eigenvalue weighted by Gasteiger charge is -2.33. The van der Waals surface area contributed by atoms with Gasteiger partial charge in [-0.2, -0.15) is 0 Å². The van der Waals surface area contributed by atoms with Gasteiger partial charge in [-0.15, -0.1) is 0 Å². The lowest BCUT2D eigenvalue weighted by molar-refractivity contribution is 0.498. The predicted octanol–water partition coefficient (Wildman–Crippen LogP) is 2.51. The van der Waals surface area contributed by atoms with Gasteiger partial charge in [0.05, 0.1) is 5.52 Å². The first kappa shape index (κ1) is 12.3. The third-order valence-electron chi connectivity index (χ3n) is 4.18. The molecule has 1 fully saturated rings. The van der Waals surface area contributed by atoms with Crippen molar-refractivity contribution in [1.82, 2.24) is 19.4 Å². The van der Waals surface area contributed by atoms with E-state index >= 15 is 0 Å². The first-order chi connectivity index (χ1) is 10.4. The van der Waals surface area contributed by atoms with Gasteiger partial charge in [-0.25, -0.2) is 15.0 Å². The monoisotopic (exact) mass is 279 g/mol. The SMILES string of the molecule is c1cc2c(N3CCCC(c4ccncn4)C3)nccn2c1. The van der Waals surface area contributed by atoms with Crippen molar-refractivity contribution in [3.05, 3.63) is 55.0 Å². The summed E-state index contributed by atoms with van der Waals surface area (Å²) in [6, 6.07) is 6.21. The van der Waals surface area contributed by atoms with E-state index in [0.29, 0.717) is 5.92 Å². The number of hydrogen-bond acceptors (Lipinski definition) is 4. The Hall–Kier alpha value is -2.43. The third-order valence-corrected chi connectivity index (χ3v) is 4.18. The van der Waals surface area contributed by atoms with Gasteiger partial charge in [0.2, 0.25) is 0 Å². The highest BCUT2D eigenvalue weighted by atomic mass is 15.2. The van der Waals surface area contributed by atoms with Crippen LogP contribution >= 0.6 is 0 Å². The van der Waals surface area contributed by atoms with E-state index in [0.717, 1.165) is 31.0 Å². The fraction of sp³-hybridized carbons (Fsp3) is 0.312. The van der Waals surface area contributed by atoms with Crippen LogP contribution in [0.25, 0.3) is 5.52 Å². The number of rotatable bonds is 2. The molecule has 1 atom stereocenters. The molecular formula is C16H17N5. The smallest absolute Gasteiger partial charge is 0.152 e. The van der Waals surface area contributed by atoms with E-state index in [9.17, 15) is 0 Å². The molecule has 0 aromatic carbocycles. The molecule has 4 heterocycles. The van der Waals surface area contributed by atoms with Gasteiger partial charge in [-0.3, -0.25) is 0 Å². The van der Waals surface area contributed by atoms with E-state index in [2.05, 4.69) is 42.6 Å². The molecule has 21 heavy (non-hydrogen) atoms. The molecule has 106 valence electrons. The summed E-state index contributed by atoms with van der Waals surface area (Å²) >= 11 is 0. The normalized spacial score (nSPS) is 19.0. The second-order valence-corrected chi connectivity index (χ2v) is 5.47. The minimum absolute atomic E-state index is 0.457. The van der Waals surface area contributed by atoms with Crippen molar-refractivity contribution in [1.29, 1.82) is 0 Å². The van der Waals surface area contributed by atoms with Crippen molar-refractivity contribution >= 4 is 11.3 Å². The molecule has 1 aliphatic rings. The quantitative estimate of drug-likeness (QED) is 0.723. The lowest BCUT2D eigenvalue weighted by Crippen LogP contribution is -2.35. The Morgan fingerprint density at radius 3 is 3.00 bits per heavy atom. The Morgan fingerprint density at radius 2 is 2.10 bits per heavy atom. The highest BCUT2D eigenvalue weighted by molar-refractivity contribution is 5.69. The standard InChI is InChI=1S/C16H17N5/c1-3-13(14-5-6-17-12-19-14)11-21(9-1)16-15-4-2-8-20(15)10-7-18-16/h2,4-8,10,12-13H,1,3,9,11H2. The average Bonchev–Trinajstić information content (AvgIpc) is 3.04. The van der Waals surface area contributed by atoms with Crippen molar-refractivity contribution in [3.8, 4) is 0 Å². The molecule has 1 aliphatic heterocycles. The molecule has 0 radical (unpaired) electrons. The summed E-state index contributed by atoms with van der Waals surface area (Å²) < 4.78 is 2.12. The molecule has 0 aliphatic carbocycles. The van der Waals surface area contributed by atoms with E-state index in [1.165, 1.54) is 11.9 Å². The topological polar surface area (TPSA) is 46.3 Å². The van der Waals surface area contributed by atoms with Gasteiger partial charge in [0.25, 0.3) is 0 Å². The molecule has 0 saturated carbocycles. The van der Waals surface area contributed by atoms with Crippen LogP contribution in [0.15, 0.2) is 49.3 Å². The van der Waals surface area contributed by atoms with E-state index in [4.69, 9.17) is 0 Å². The maximum absolute atomic E-state index is 4.60. The largest absolute Gasteiger partial charge is 0.354 e. The fourth-order valence-corrected chi connectivity index (χ4v) is 3.15. The zero-order chi connectivity index (χ0) is 14.1. The number of nitrogens with zero attached hydrogens (tertiary/aromatic N) is 5. The highest BCUT2D eigenvalue weighted by Gasteiger charge is 2.24. The lowest BCUT2D eigenvalue weighted by atomic mass is 9.94. The molecule has 5 nitrogen and oxygen atoms in total. The number of piperidine rings is 1. The first-order valence-corrected chi connectivity index (χ1v) is 7.34. The van der Waals surface area contributed by atoms with Crippen LogP contribution in [0.5, 0.6) is 0 Å². The highest BCUT2D eigenvalue weighted by Crippen LogP contribution is 2.29. The molecular weight excluding hydrogens is 262 g/mol. The summed E-state index contributed by atoms with van der Waals surface area (Å²) in [6.45, 7) is 2.02. The van der Waals surface area contributed by atoms with Crippen molar-refractivity contribution in [2.24, 2.45) is 0 Å². The number of aromatic nitrogens is 4. The van der Waals surface area contributed by atoms with Crippen LogP contribution in [0.2, 0.25) is 0 Å². The summed E-state index contributed by atoms with van der Waals surface area (Å²) in [5.74, 6) is 1.53. The minimum atomic E-state index is 0.457. The van der Waals surface area contributed by atoms with Crippen LogP contribution in [0.1, 0.15) is 24.5 Å². The molecule has 1 saturated heterocycles. The number of anilines is 1. The van der Waals surface area contributed by atoms with E-state index in [1.54, 1.807) is 6.33 Å². The molecule has 3 aromatic heterocycles. The van der Waals surface area contributed by atoms with Gasteiger partial charge in [0.1, 0.15) is 6.33 Å². The van der Waals surface area contributed by atoms with E-state index in [-0.39, 0.29) is 0 Å². The van der Waals surface area contributed by atoms with Crippen LogP contribution in [0, 0.1) is 0 Å². The third kappa shape index (κ3) is 2.24. The van der Waals surface area contributed by atoms with Crippen LogP contribution in [-0.2, 0) is 0 Å². The van der Waals surface area contributed by atoms with Gasteiger partial charge < -0.3 is 9.30 Å². The molecule has 0 amide bonds. The molecule has 1 unspecified atom stereocenters. The van der Waals surface area contributed by atoms with Crippen LogP contribution in [0.4, 0.5) is 5.82 Å². The maximum Gasteiger partial charge on any atom is 0.152 e. The summed E-state index contributed by atoms with van der Waals surface area (Å²) in [7, 11) is 0.